The summed E-state index contributed by atoms with van der Waals surface area (Å²) < 4.78 is 108. The van der Waals surface area contributed by atoms with Crippen molar-refractivity contribution in [3.8, 4) is 34.6 Å². The van der Waals surface area contributed by atoms with Crippen LogP contribution in [0.5, 0.6) is 0 Å². The summed E-state index contributed by atoms with van der Waals surface area (Å²) in [6, 6.07) is 17.0. The molecular formula is C37H16F8N4. The second-order valence-corrected chi connectivity index (χ2v) is 11.4. The van der Waals surface area contributed by atoms with Crippen LogP contribution in [0.25, 0.3) is 65.3 Å². The fourth-order valence-electron chi connectivity index (χ4n) is 6.60. The largest absolute Gasteiger partial charge is 0.419 e. The molecule has 0 unspecified atom stereocenters. The van der Waals surface area contributed by atoms with Crippen LogP contribution in [0.3, 0.4) is 0 Å². The molecule has 0 aliphatic rings. The van der Waals surface area contributed by atoms with E-state index in [1.807, 2.05) is 0 Å². The fourth-order valence-corrected chi connectivity index (χ4v) is 6.60. The lowest BCUT2D eigenvalue weighted by Crippen LogP contribution is -2.08. The number of alkyl halides is 6. The average molecular weight is 669 g/mol. The number of fused-ring (bicyclic) bond motifs is 6. The second kappa shape index (κ2) is 11.0. The van der Waals surface area contributed by atoms with Crippen molar-refractivity contribution in [2.75, 3.05) is 0 Å². The Bertz CT molecular complexity index is 2750. The van der Waals surface area contributed by atoms with Gasteiger partial charge in [-0.25, -0.2) is 8.78 Å². The second-order valence-electron chi connectivity index (χ2n) is 11.4. The van der Waals surface area contributed by atoms with Crippen LogP contribution in [-0.2, 0) is 12.4 Å². The van der Waals surface area contributed by atoms with Gasteiger partial charge in [0.2, 0.25) is 12.4 Å². The zero-order chi connectivity index (χ0) is 35.0. The molecule has 0 amide bonds. The molecule has 49 heavy (non-hydrogen) atoms. The Morgan fingerprint density at radius 2 is 0.980 bits per heavy atom. The summed E-state index contributed by atoms with van der Waals surface area (Å²) in [5.74, 6) is -2.86. The number of hydrogen-bond acceptors (Lipinski definition) is 4. The van der Waals surface area contributed by atoms with Gasteiger partial charge in [-0.2, -0.15) is 46.9 Å². The molecule has 7 rings (SSSR count). The summed E-state index contributed by atoms with van der Waals surface area (Å²) in [6.07, 6.45) is -6.13. The first kappa shape index (κ1) is 31.5. The predicted octanol–water partition coefficient (Wildman–Crippen LogP) is 9.90. The van der Waals surface area contributed by atoms with Crippen molar-refractivity contribution in [3.63, 3.8) is 0 Å². The van der Waals surface area contributed by atoms with Gasteiger partial charge < -0.3 is 0 Å². The van der Waals surface area contributed by atoms with Crippen molar-refractivity contribution >= 4 is 43.1 Å². The van der Waals surface area contributed by atoms with Crippen molar-refractivity contribution in [1.29, 1.82) is 10.5 Å². The lowest BCUT2D eigenvalue weighted by atomic mass is 9.95. The molecule has 240 valence electrons. The average Bonchev–Trinajstić information content (AvgIpc) is 3.51. The molecule has 0 spiro atoms. The standard InChI is InChI=1S/C37H16F8N4/c1-17-21(20-4-9-30(32(39)12-20)37(43,44)45)6-7-23-25-14-27-24(13-28(25)35(33(17)23)49-16-47)22-5-2-18(10-26(22)34(27)48-15-46)19-3-8-29(31(38)11-19)36(40,41)42/h2-14H,1H3/b48-34+,49-35-. The van der Waals surface area contributed by atoms with E-state index in [9.17, 15) is 45.6 Å². The molecule has 7 aromatic carbocycles. The van der Waals surface area contributed by atoms with Gasteiger partial charge in [-0.3, -0.25) is 0 Å². The van der Waals surface area contributed by atoms with Crippen LogP contribution in [0.2, 0.25) is 0 Å². The molecule has 0 aliphatic heterocycles. The summed E-state index contributed by atoms with van der Waals surface area (Å²) in [7, 11) is 0. The number of rotatable bonds is 2. The lowest BCUT2D eigenvalue weighted by molar-refractivity contribution is -0.140. The van der Waals surface area contributed by atoms with Gasteiger partial charge in [0.25, 0.3) is 0 Å². The van der Waals surface area contributed by atoms with Crippen LogP contribution in [-0.4, -0.2) is 0 Å². The van der Waals surface area contributed by atoms with Crippen molar-refractivity contribution in [2.24, 2.45) is 9.98 Å². The molecule has 0 bridgehead atoms. The zero-order valence-corrected chi connectivity index (χ0v) is 24.8. The van der Waals surface area contributed by atoms with Gasteiger partial charge in [-0.1, -0.05) is 36.4 Å². The van der Waals surface area contributed by atoms with Gasteiger partial charge >= 0.3 is 12.4 Å². The Hall–Kier alpha value is -6.14. The monoisotopic (exact) mass is 668 g/mol. The maximum absolute atomic E-state index is 14.5. The molecule has 7 aromatic rings. The third kappa shape index (κ3) is 4.95. The molecule has 0 heterocycles. The summed E-state index contributed by atoms with van der Waals surface area (Å²) in [5, 5.41) is 24.4. The molecule has 0 saturated carbocycles. The Morgan fingerprint density at radius 3 is 1.57 bits per heavy atom. The number of hydrogen-bond donors (Lipinski definition) is 0. The van der Waals surface area contributed by atoms with Crippen LogP contribution in [0, 0.1) is 41.5 Å². The van der Waals surface area contributed by atoms with E-state index < -0.39 is 35.1 Å². The third-order valence-electron chi connectivity index (χ3n) is 8.74. The smallest absolute Gasteiger partial charge is 0.206 e. The number of nitrogens with zero attached hydrogens (tertiary/aromatic N) is 4. The van der Waals surface area contributed by atoms with Gasteiger partial charge in [0.15, 0.2) is 0 Å². The Kier molecular flexibility index (Phi) is 7.04. The fraction of sp³-hybridized carbons (Fsp3) is 0.0811. The van der Waals surface area contributed by atoms with Crippen molar-refractivity contribution in [1.82, 2.24) is 0 Å². The lowest BCUT2D eigenvalue weighted by Gasteiger charge is -2.12. The molecule has 0 N–H and O–H groups in total. The van der Waals surface area contributed by atoms with E-state index in [-0.39, 0.29) is 21.8 Å². The molecule has 0 radical (unpaired) electrons. The minimum atomic E-state index is -4.86. The molecule has 0 saturated heterocycles. The Balaban J connectivity index is 1.48. The molecule has 4 nitrogen and oxygen atoms in total. The van der Waals surface area contributed by atoms with Gasteiger partial charge in [-0.05, 0) is 98.8 Å². The van der Waals surface area contributed by atoms with Crippen LogP contribution in [0.4, 0.5) is 35.1 Å². The van der Waals surface area contributed by atoms with Gasteiger partial charge in [0, 0.05) is 21.5 Å². The normalized spacial score (nSPS) is 13.2. The SMILES string of the molecule is Cc1c(-c2ccc(C(F)(F)F)c(F)c2)ccc2c1/c(=N\C#N)c1cc3c(cc12)/c(=N/C#N)c1cc(-c2ccc(C(F)(F)F)c(F)c2)ccc13. The minimum absolute atomic E-state index is 0.180. The van der Waals surface area contributed by atoms with Crippen molar-refractivity contribution in [2.45, 2.75) is 19.3 Å². The van der Waals surface area contributed by atoms with E-state index in [2.05, 4.69) is 9.98 Å². The molecule has 0 aromatic heterocycles. The summed E-state index contributed by atoms with van der Waals surface area (Å²) >= 11 is 0. The Morgan fingerprint density at radius 1 is 0.510 bits per heavy atom. The van der Waals surface area contributed by atoms with E-state index >= 15 is 0 Å². The van der Waals surface area contributed by atoms with Crippen molar-refractivity contribution < 1.29 is 35.1 Å². The minimum Gasteiger partial charge on any atom is -0.206 e. The first-order valence-corrected chi connectivity index (χ1v) is 14.4. The highest BCUT2D eigenvalue weighted by Crippen LogP contribution is 2.39. The van der Waals surface area contributed by atoms with Crippen molar-refractivity contribution in [3.05, 3.63) is 118 Å². The number of benzene rings is 5. The Labute approximate surface area is 270 Å². The first-order chi connectivity index (χ1) is 23.2. The highest BCUT2D eigenvalue weighted by molar-refractivity contribution is 6.22. The number of aryl methyl sites for hydroxylation is 1. The first-order valence-electron chi connectivity index (χ1n) is 14.4. The van der Waals surface area contributed by atoms with Crippen LogP contribution >= 0.6 is 0 Å². The molecule has 0 fully saturated rings. The summed E-state index contributed by atoms with van der Waals surface area (Å²) in [4.78, 5) is 8.14. The maximum atomic E-state index is 14.5. The number of nitriles is 2. The van der Waals surface area contributed by atoms with Gasteiger partial charge in [-0.15, -0.1) is 0 Å². The summed E-state index contributed by atoms with van der Waals surface area (Å²) in [5.41, 5.74) is -1.05. The molecular weight excluding hydrogens is 652 g/mol. The van der Waals surface area contributed by atoms with E-state index in [1.54, 1.807) is 61.8 Å². The molecule has 0 atom stereocenters. The van der Waals surface area contributed by atoms with E-state index in [1.165, 1.54) is 6.07 Å². The predicted molar refractivity (Wildman–Crippen MR) is 167 cm³/mol. The van der Waals surface area contributed by atoms with Crippen LogP contribution < -0.4 is 10.7 Å². The van der Waals surface area contributed by atoms with E-state index in [4.69, 9.17) is 0 Å². The maximum Gasteiger partial charge on any atom is 0.419 e. The van der Waals surface area contributed by atoms with Gasteiger partial charge in [0.1, 0.15) is 11.6 Å². The highest BCUT2D eigenvalue weighted by Gasteiger charge is 2.35. The van der Waals surface area contributed by atoms with Crippen LogP contribution in [0.15, 0.2) is 88.8 Å². The zero-order valence-electron chi connectivity index (χ0n) is 24.8. The third-order valence-corrected chi connectivity index (χ3v) is 8.74. The van der Waals surface area contributed by atoms with Gasteiger partial charge in [0.05, 0.1) is 21.8 Å². The summed E-state index contributed by atoms with van der Waals surface area (Å²) in [6.45, 7) is 1.69. The highest BCUT2D eigenvalue weighted by atomic mass is 19.4. The van der Waals surface area contributed by atoms with E-state index in [0.717, 1.165) is 18.2 Å². The molecule has 0 aliphatic carbocycles. The van der Waals surface area contributed by atoms with Crippen LogP contribution in [0.1, 0.15) is 16.7 Å². The molecule has 12 heteroatoms. The number of halogens is 8. The topological polar surface area (TPSA) is 72.3 Å². The quantitative estimate of drug-likeness (QED) is 0.136. The van der Waals surface area contributed by atoms with E-state index in [0.29, 0.717) is 71.9 Å².